The van der Waals surface area contributed by atoms with Gasteiger partial charge < -0.3 is 5.32 Å². The lowest BCUT2D eigenvalue weighted by Gasteiger charge is -2.02. The number of hydrogen-bond acceptors (Lipinski definition) is 3. The Balaban J connectivity index is 1.82. The van der Waals surface area contributed by atoms with E-state index in [1.807, 2.05) is 40.2 Å². The van der Waals surface area contributed by atoms with Crippen molar-refractivity contribution < 1.29 is 4.79 Å². The van der Waals surface area contributed by atoms with E-state index >= 15 is 0 Å². The number of benzene rings is 1. The zero-order valence-corrected chi connectivity index (χ0v) is 11.5. The van der Waals surface area contributed by atoms with E-state index in [1.165, 1.54) is 11.3 Å². The lowest BCUT2D eigenvalue weighted by atomic mass is 10.3. The number of thiazole rings is 1. The van der Waals surface area contributed by atoms with Gasteiger partial charge in [-0.25, -0.2) is 4.98 Å². The van der Waals surface area contributed by atoms with E-state index in [2.05, 4.69) is 26.2 Å². The number of nitrogens with one attached hydrogen (secondary N) is 1. The minimum atomic E-state index is -0.201. The highest BCUT2D eigenvalue weighted by atomic mass is 79.9. The zero-order valence-electron chi connectivity index (χ0n) is 9.13. The van der Waals surface area contributed by atoms with Crippen molar-refractivity contribution in [2.75, 3.05) is 5.32 Å². The van der Waals surface area contributed by atoms with Gasteiger partial charge in [-0.3, -0.25) is 9.20 Å². The summed E-state index contributed by atoms with van der Waals surface area (Å²) in [5.41, 5.74) is 1.17. The molecular weight excluding hydrogens is 314 g/mol. The van der Waals surface area contributed by atoms with E-state index in [0.717, 1.165) is 15.1 Å². The lowest BCUT2D eigenvalue weighted by molar-refractivity contribution is 0.102. The summed E-state index contributed by atoms with van der Waals surface area (Å²) in [5, 5.41) is 4.73. The summed E-state index contributed by atoms with van der Waals surface area (Å²) in [6.45, 7) is 0. The molecule has 0 unspecified atom stereocenters. The second kappa shape index (κ2) is 4.55. The molecule has 2 aromatic heterocycles. The van der Waals surface area contributed by atoms with Crippen molar-refractivity contribution in [3.8, 4) is 0 Å². The molecule has 1 aromatic carbocycles. The van der Waals surface area contributed by atoms with Crippen LogP contribution >= 0.6 is 27.3 Å². The van der Waals surface area contributed by atoms with Crippen LogP contribution < -0.4 is 5.32 Å². The number of rotatable bonds is 2. The van der Waals surface area contributed by atoms with Crippen LogP contribution in [0, 0.1) is 0 Å². The number of halogens is 1. The molecular formula is C12H8BrN3OS. The summed E-state index contributed by atoms with van der Waals surface area (Å²) >= 11 is 4.85. The third kappa shape index (κ3) is 2.16. The van der Waals surface area contributed by atoms with E-state index in [4.69, 9.17) is 0 Å². The maximum absolute atomic E-state index is 12.0. The van der Waals surface area contributed by atoms with Crippen molar-refractivity contribution in [3.63, 3.8) is 0 Å². The Hall–Kier alpha value is -1.66. The number of fused-ring (bicyclic) bond motifs is 1. The number of carbonyl (C=O) groups excluding carboxylic acids is 1. The van der Waals surface area contributed by atoms with Crippen LogP contribution in [0.3, 0.4) is 0 Å². The van der Waals surface area contributed by atoms with E-state index in [-0.39, 0.29) is 5.91 Å². The van der Waals surface area contributed by atoms with Gasteiger partial charge in [0.05, 0.1) is 0 Å². The second-order valence-electron chi connectivity index (χ2n) is 3.68. The van der Waals surface area contributed by atoms with Crippen molar-refractivity contribution >= 4 is 43.8 Å². The normalized spacial score (nSPS) is 10.7. The van der Waals surface area contributed by atoms with Crippen molar-refractivity contribution in [1.29, 1.82) is 0 Å². The number of carbonyl (C=O) groups is 1. The fourth-order valence-electron chi connectivity index (χ4n) is 1.57. The number of aromatic nitrogens is 2. The number of nitrogens with zero attached hydrogens (tertiary/aromatic N) is 2. The molecule has 3 aromatic rings. The minimum absolute atomic E-state index is 0.201. The first-order valence-electron chi connectivity index (χ1n) is 5.21. The van der Waals surface area contributed by atoms with Gasteiger partial charge in [0.1, 0.15) is 5.69 Å². The first-order valence-corrected chi connectivity index (χ1v) is 6.89. The Morgan fingerprint density at radius 3 is 2.83 bits per heavy atom. The van der Waals surface area contributed by atoms with Crippen LogP contribution in [0.2, 0.25) is 0 Å². The van der Waals surface area contributed by atoms with E-state index in [0.29, 0.717) is 5.69 Å². The fourth-order valence-corrected chi connectivity index (χ4v) is 2.53. The maximum atomic E-state index is 12.0. The summed E-state index contributed by atoms with van der Waals surface area (Å²) in [4.78, 5) is 17.0. The molecule has 0 aliphatic carbocycles. The molecule has 6 heteroatoms. The lowest BCUT2D eigenvalue weighted by Crippen LogP contribution is -2.12. The van der Waals surface area contributed by atoms with Crippen LogP contribution in [-0.4, -0.2) is 15.3 Å². The molecule has 0 aliphatic rings. The molecule has 0 saturated heterocycles. The van der Waals surface area contributed by atoms with Crippen LogP contribution in [0.5, 0.6) is 0 Å². The topological polar surface area (TPSA) is 46.4 Å². The first-order chi connectivity index (χ1) is 8.72. The molecule has 0 aliphatic heterocycles. The number of amides is 1. The molecule has 0 radical (unpaired) electrons. The van der Waals surface area contributed by atoms with Gasteiger partial charge in [0, 0.05) is 27.9 Å². The average molecular weight is 322 g/mol. The molecule has 3 rings (SSSR count). The third-order valence-corrected chi connectivity index (χ3v) is 3.73. The van der Waals surface area contributed by atoms with E-state index in [9.17, 15) is 4.79 Å². The Morgan fingerprint density at radius 1 is 1.33 bits per heavy atom. The van der Waals surface area contributed by atoms with Crippen molar-refractivity contribution in [3.05, 3.63) is 52.2 Å². The standard InChI is InChI=1S/C12H8BrN3OS/c13-8-1-3-9(4-2-8)14-11(17)10-7-16-5-6-18-12(16)15-10/h1-7H,(H,14,17). The van der Waals surface area contributed by atoms with Gasteiger partial charge in [-0.1, -0.05) is 15.9 Å². The smallest absolute Gasteiger partial charge is 0.275 e. The zero-order chi connectivity index (χ0) is 12.5. The third-order valence-electron chi connectivity index (χ3n) is 2.43. The molecule has 0 atom stereocenters. The quantitative estimate of drug-likeness (QED) is 0.786. The molecule has 0 spiro atoms. The highest BCUT2D eigenvalue weighted by Gasteiger charge is 2.11. The Labute approximate surface area is 115 Å². The van der Waals surface area contributed by atoms with E-state index in [1.54, 1.807) is 6.20 Å². The van der Waals surface area contributed by atoms with Gasteiger partial charge in [-0.05, 0) is 24.3 Å². The maximum Gasteiger partial charge on any atom is 0.275 e. The predicted octanol–water partition coefficient (Wildman–Crippen LogP) is 3.41. The fraction of sp³-hybridized carbons (Fsp3) is 0. The monoisotopic (exact) mass is 321 g/mol. The molecule has 2 heterocycles. The first kappa shape index (κ1) is 11.4. The average Bonchev–Trinajstić information content (AvgIpc) is 2.92. The van der Waals surface area contributed by atoms with Crippen molar-refractivity contribution in [2.24, 2.45) is 0 Å². The molecule has 18 heavy (non-hydrogen) atoms. The predicted molar refractivity (Wildman–Crippen MR) is 75.2 cm³/mol. The van der Waals surface area contributed by atoms with E-state index < -0.39 is 0 Å². The molecule has 1 amide bonds. The Bertz CT molecular complexity index is 673. The van der Waals surface area contributed by atoms with Gasteiger partial charge >= 0.3 is 0 Å². The number of hydrogen-bond donors (Lipinski definition) is 1. The summed E-state index contributed by atoms with van der Waals surface area (Å²) in [5.74, 6) is -0.201. The highest BCUT2D eigenvalue weighted by molar-refractivity contribution is 9.10. The van der Waals surface area contributed by atoms with Crippen molar-refractivity contribution in [2.45, 2.75) is 0 Å². The minimum Gasteiger partial charge on any atom is -0.321 e. The molecule has 0 saturated carbocycles. The largest absolute Gasteiger partial charge is 0.321 e. The number of anilines is 1. The molecule has 4 nitrogen and oxygen atoms in total. The Kier molecular flexibility index (Phi) is 2.89. The molecule has 90 valence electrons. The summed E-state index contributed by atoms with van der Waals surface area (Å²) < 4.78 is 2.81. The van der Waals surface area contributed by atoms with Gasteiger partial charge in [-0.15, -0.1) is 11.3 Å². The molecule has 1 N–H and O–H groups in total. The van der Waals surface area contributed by atoms with Gasteiger partial charge in [0.2, 0.25) is 0 Å². The van der Waals surface area contributed by atoms with Crippen LogP contribution in [0.1, 0.15) is 10.5 Å². The Morgan fingerprint density at radius 2 is 2.11 bits per heavy atom. The molecule has 0 fully saturated rings. The molecule has 0 bridgehead atoms. The second-order valence-corrected chi connectivity index (χ2v) is 5.47. The van der Waals surface area contributed by atoms with Crippen LogP contribution in [0.25, 0.3) is 4.96 Å². The summed E-state index contributed by atoms with van der Waals surface area (Å²) in [7, 11) is 0. The van der Waals surface area contributed by atoms with Crippen LogP contribution in [0.15, 0.2) is 46.5 Å². The van der Waals surface area contributed by atoms with Gasteiger partial charge in [0.15, 0.2) is 4.96 Å². The highest BCUT2D eigenvalue weighted by Crippen LogP contribution is 2.16. The van der Waals surface area contributed by atoms with Gasteiger partial charge in [0.25, 0.3) is 5.91 Å². The van der Waals surface area contributed by atoms with Crippen LogP contribution in [-0.2, 0) is 0 Å². The van der Waals surface area contributed by atoms with Gasteiger partial charge in [-0.2, -0.15) is 0 Å². The van der Waals surface area contributed by atoms with Crippen LogP contribution in [0.4, 0.5) is 5.69 Å². The summed E-state index contributed by atoms with van der Waals surface area (Å²) in [6.07, 6.45) is 3.60. The summed E-state index contributed by atoms with van der Waals surface area (Å²) in [6, 6.07) is 7.42. The van der Waals surface area contributed by atoms with Crippen molar-refractivity contribution in [1.82, 2.24) is 9.38 Å². The SMILES string of the molecule is O=C(Nc1ccc(Br)cc1)c1cn2ccsc2n1. The number of imidazole rings is 1.